The highest BCUT2D eigenvalue weighted by molar-refractivity contribution is 7.53. The van der Waals surface area contributed by atoms with Crippen LogP contribution in [-0.4, -0.2) is 30.0 Å². The van der Waals surface area contributed by atoms with E-state index in [-0.39, 0.29) is 11.7 Å². The minimum absolute atomic E-state index is 0.156. The zero-order valence-corrected chi connectivity index (χ0v) is 17.5. The molecule has 154 valence electrons. The van der Waals surface area contributed by atoms with E-state index in [4.69, 9.17) is 19.6 Å². The molecule has 0 amide bonds. The molecule has 0 bridgehead atoms. The fourth-order valence-corrected chi connectivity index (χ4v) is 4.77. The topological polar surface area (TPSA) is 106 Å². The van der Waals surface area contributed by atoms with Crippen molar-refractivity contribution in [1.82, 2.24) is 9.66 Å². The van der Waals surface area contributed by atoms with Gasteiger partial charge in [-0.25, -0.2) is 9.66 Å². The Labute approximate surface area is 168 Å². The Morgan fingerprint density at radius 1 is 1.07 bits per heavy atom. The van der Waals surface area contributed by atoms with E-state index in [1.807, 2.05) is 0 Å². The minimum atomic E-state index is -3.20. The van der Waals surface area contributed by atoms with E-state index in [1.165, 1.54) is 7.11 Å². The molecule has 0 saturated heterocycles. The largest absolute Gasteiger partial charge is 0.494 e. The van der Waals surface area contributed by atoms with Gasteiger partial charge in [0, 0.05) is 5.56 Å². The van der Waals surface area contributed by atoms with Gasteiger partial charge < -0.3 is 19.6 Å². The lowest BCUT2D eigenvalue weighted by molar-refractivity contribution is 0.219. The van der Waals surface area contributed by atoms with Crippen LogP contribution in [0.3, 0.4) is 0 Å². The molecule has 0 aliphatic rings. The molecule has 0 unspecified atom stereocenters. The first-order chi connectivity index (χ1) is 13.9. The van der Waals surface area contributed by atoms with Crippen molar-refractivity contribution in [3.8, 4) is 17.1 Å². The molecular formula is C20H24N3O5P. The highest BCUT2D eigenvalue weighted by atomic mass is 31.2. The summed E-state index contributed by atoms with van der Waals surface area (Å²) in [5.41, 5.74) is 1.50. The second-order valence-electron chi connectivity index (χ2n) is 6.27. The molecule has 1 heterocycles. The maximum absolute atomic E-state index is 12.7. The van der Waals surface area contributed by atoms with Crippen LogP contribution in [0.1, 0.15) is 19.4 Å². The third-order valence-electron chi connectivity index (χ3n) is 4.35. The molecule has 8 nitrogen and oxygen atoms in total. The van der Waals surface area contributed by atoms with Gasteiger partial charge in [-0.05, 0) is 31.5 Å². The molecule has 2 N–H and O–H groups in total. The summed E-state index contributed by atoms with van der Waals surface area (Å²) >= 11 is 0. The number of nitrogens with two attached hydrogens (primary N) is 1. The van der Waals surface area contributed by atoms with Gasteiger partial charge in [-0.3, -0.25) is 9.36 Å². The average Bonchev–Trinajstić information content (AvgIpc) is 2.71. The maximum Gasteiger partial charge on any atom is 0.335 e. The Kier molecular flexibility index (Phi) is 6.37. The smallest absolute Gasteiger partial charge is 0.335 e. The Morgan fingerprint density at radius 3 is 2.31 bits per heavy atom. The summed E-state index contributed by atoms with van der Waals surface area (Å²) in [5.74, 6) is 6.80. The SMILES string of the molecule is CCOP(=O)(Cc1ccc(-c2nc3c(OC)cccc3c(=O)n2N)cc1)OCC. The van der Waals surface area contributed by atoms with E-state index in [9.17, 15) is 9.36 Å². The highest BCUT2D eigenvalue weighted by Gasteiger charge is 2.24. The summed E-state index contributed by atoms with van der Waals surface area (Å²) < 4.78 is 29.7. The average molecular weight is 417 g/mol. The van der Waals surface area contributed by atoms with Crippen molar-refractivity contribution in [2.24, 2.45) is 0 Å². The Morgan fingerprint density at radius 2 is 1.72 bits per heavy atom. The van der Waals surface area contributed by atoms with Gasteiger partial charge in [-0.1, -0.05) is 30.3 Å². The molecule has 9 heteroatoms. The second-order valence-corrected chi connectivity index (χ2v) is 8.32. The van der Waals surface area contributed by atoms with Crippen LogP contribution in [0.25, 0.3) is 22.3 Å². The lowest BCUT2D eigenvalue weighted by atomic mass is 10.1. The van der Waals surface area contributed by atoms with Crippen LogP contribution in [0.15, 0.2) is 47.3 Å². The van der Waals surface area contributed by atoms with Crippen LogP contribution in [0.2, 0.25) is 0 Å². The predicted octanol–water partition coefficient (Wildman–Crippen LogP) is 3.55. The van der Waals surface area contributed by atoms with Crippen LogP contribution < -0.4 is 16.1 Å². The zero-order chi connectivity index (χ0) is 21.0. The lowest BCUT2D eigenvalue weighted by Crippen LogP contribution is -2.30. The van der Waals surface area contributed by atoms with E-state index in [0.717, 1.165) is 10.2 Å². The normalized spacial score (nSPS) is 11.7. The molecule has 0 radical (unpaired) electrons. The van der Waals surface area contributed by atoms with Gasteiger partial charge in [-0.2, -0.15) is 0 Å². The van der Waals surface area contributed by atoms with E-state index in [1.54, 1.807) is 56.3 Å². The van der Waals surface area contributed by atoms with E-state index in [2.05, 4.69) is 4.98 Å². The third kappa shape index (κ3) is 4.34. The maximum atomic E-state index is 12.7. The summed E-state index contributed by atoms with van der Waals surface area (Å²) in [4.78, 5) is 17.2. The number of nitrogens with zero attached hydrogens (tertiary/aromatic N) is 2. The number of ether oxygens (including phenoxy) is 1. The summed E-state index contributed by atoms with van der Waals surface area (Å²) in [7, 11) is -1.68. The monoisotopic (exact) mass is 417 g/mol. The van der Waals surface area contributed by atoms with Gasteiger partial charge in [0.05, 0.1) is 31.9 Å². The molecule has 0 spiro atoms. The summed E-state index contributed by atoms with van der Waals surface area (Å²) in [5, 5.41) is 0.376. The van der Waals surface area contributed by atoms with Crippen LogP contribution in [0.4, 0.5) is 0 Å². The van der Waals surface area contributed by atoms with Gasteiger partial charge in [0.2, 0.25) is 0 Å². The highest BCUT2D eigenvalue weighted by Crippen LogP contribution is 2.51. The van der Waals surface area contributed by atoms with Crippen molar-refractivity contribution >= 4 is 18.5 Å². The second kappa shape index (κ2) is 8.78. The first-order valence-electron chi connectivity index (χ1n) is 9.24. The number of nitrogen functional groups attached to an aromatic ring is 1. The molecule has 0 atom stereocenters. The fourth-order valence-electron chi connectivity index (χ4n) is 3.07. The molecule has 0 fully saturated rings. The number of aromatic nitrogens is 2. The van der Waals surface area contributed by atoms with E-state index in [0.29, 0.717) is 41.3 Å². The van der Waals surface area contributed by atoms with Crippen LogP contribution >= 0.6 is 7.60 Å². The molecule has 0 aliphatic heterocycles. The number of hydrogen-bond donors (Lipinski definition) is 1. The van der Waals surface area contributed by atoms with Gasteiger partial charge in [0.15, 0.2) is 5.82 Å². The number of benzene rings is 2. The van der Waals surface area contributed by atoms with Crippen molar-refractivity contribution in [2.75, 3.05) is 26.2 Å². The van der Waals surface area contributed by atoms with E-state index < -0.39 is 7.60 Å². The summed E-state index contributed by atoms with van der Waals surface area (Å²) in [6.45, 7) is 4.15. The first kappa shape index (κ1) is 21.0. The lowest BCUT2D eigenvalue weighted by Gasteiger charge is -2.17. The summed E-state index contributed by atoms with van der Waals surface area (Å²) in [6.07, 6.45) is 0.156. The molecule has 3 rings (SSSR count). The van der Waals surface area contributed by atoms with Gasteiger partial charge in [0.25, 0.3) is 5.56 Å². The van der Waals surface area contributed by atoms with Crippen molar-refractivity contribution < 1.29 is 18.3 Å². The summed E-state index contributed by atoms with van der Waals surface area (Å²) in [6, 6.07) is 12.2. The number of rotatable bonds is 8. The molecule has 0 aliphatic carbocycles. The molecule has 0 saturated carbocycles. The standard InChI is InChI=1S/C20H24N3O5P/c1-4-27-29(25,28-5-2)13-14-9-11-15(12-10-14)19-22-18-16(20(24)23(19)21)7-6-8-17(18)26-3/h6-12H,4-5,13,21H2,1-3H3. The van der Waals surface area contributed by atoms with Gasteiger partial charge >= 0.3 is 7.60 Å². The van der Waals surface area contributed by atoms with E-state index >= 15 is 0 Å². The quantitative estimate of drug-likeness (QED) is 0.441. The molecule has 2 aromatic carbocycles. The van der Waals surface area contributed by atoms with Crippen molar-refractivity contribution in [2.45, 2.75) is 20.0 Å². The third-order valence-corrected chi connectivity index (χ3v) is 6.41. The van der Waals surface area contributed by atoms with Crippen LogP contribution in [0, 0.1) is 0 Å². The van der Waals surface area contributed by atoms with Crippen molar-refractivity contribution in [3.63, 3.8) is 0 Å². The van der Waals surface area contributed by atoms with Crippen LogP contribution in [-0.2, 0) is 19.8 Å². The van der Waals surface area contributed by atoms with Crippen LogP contribution in [0.5, 0.6) is 5.75 Å². The molecule has 29 heavy (non-hydrogen) atoms. The number of hydrogen-bond acceptors (Lipinski definition) is 7. The fraction of sp³-hybridized carbons (Fsp3) is 0.300. The minimum Gasteiger partial charge on any atom is -0.494 e. The predicted molar refractivity (Wildman–Crippen MR) is 113 cm³/mol. The molecule has 1 aromatic heterocycles. The number of para-hydroxylation sites is 1. The number of methoxy groups -OCH3 is 1. The van der Waals surface area contributed by atoms with Crippen molar-refractivity contribution in [1.29, 1.82) is 0 Å². The Bertz CT molecular complexity index is 1100. The zero-order valence-electron chi connectivity index (χ0n) is 16.6. The number of fused-ring (bicyclic) bond motifs is 1. The van der Waals surface area contributed by atoms with Gasteiger partial charge in [0.1, 0.15) is 11.3 Å². The molecule has 3 aromatic rings. The first-order valence-corrected chi connectivity index (χ1v) is 11.0. The molecular weight excluding hydrogens is 393 g/mol. The Hall–Kier alpha value is -2.67. The Balaban J connectivity index is 2.00. The van der Waals surface area contributed by atoms with Crippen molar-refractivity contribution in [3.05, 3.63) is 58.4 Å². The van der Waals surface area contributed by atoms with Gasteiger partial charge in [-0.15, -0.1) is 0 Å².